The molecule has 5 atom stereocenters. The van der Waals surface area contributed by atoms with Gasteiger partial charge < -0.3 is 9.47 Å². The maximum absolute atomic E-state index is 14.3. The van der Waals surface area contributed by atoms with Crippen LogP contribution in [0.3, 0.4) is 0 Å². The fourth-order valence-corrected chi connectivity index (χ4v) is 4.78. The summed E-state index contributed by atoms with van der Waals surface area (Å²) < 4.78 is 89.6. The van der Waals surface area contributed by atoms with Gasteiger partial charge in [-0.15, -0.1) is 0 Å². The normalized spacial score (nSPS) is 41.0. The van der Waals surface area contributed by atoms with Crippen LogP contribution in [0.1, 0.15) is 26.7 Å². The van der Waals surface area contributed by atoms with Crippen LogP contribution in [0.4, 0.5) is 17.6 Å². The summed E-state index contributed by atoms with van der Waals surface area (Å²) in [5, 5.41) is -5.08. The number of sulfone groups is 1. The van der Waals surface area contributed by atoms with Gasteiger partial charge in [-0.05, 0) is 38.5 Å². The van der Waals surface area contributed by atoms with Crippen LogP contribution in [0.5, 0.6) is 0 Å². The standard InChI is InChI=1S/C13H18F4O4S/c1-11(2)20-9-6-4-7(10(9)21-11)8(5-6)12(14,15)13(16,17)22(3,18)19/h6-10H,4-5H2,1-3H3. The first-order valence-electron chi connectivity index (χ1n) is 7.09. The number of rotatable bonds is 3. The SMILES string of the molecule is CC1(C)OC2C3CC(C2O1)C(C(F)(F)C(F)(F)S(C)(=O)=O)C3. The van der Waals surface area contributed by atoms with Crippen LogP contribution < -0.4 is 0 Å². The van der Waals surface area contributed by atoms with Gasteiger partial charge in [-0.2, -0.15) is 17.6 Å². The predicted octanol–water partition coefficient (Wildman–Crippen LogP) is 2.44. The van der Waals surface area contributed by atoms with E-state index in [1.165, 1.54) is 0 Å². The lowest BCUT2D eigenvalue weighted by Crippen LogP contribution is -2.54. The molecular formula is C13H18F4O4S. The smallest absolute Gasteiger partial charge is 0.344 e. The highest BCUT2D eigenvalue weighted by atomic mass is 32.2. The molecule has 128 valence electrons. The van der Waals surface area contributed by atoms with E-state index >= 15 is 0 Å². The lowest BCUT2D eigenvalue weighted by atomic mass is 9.81. The Morgan fingerprint density at radius 1 is 1.05 bits per heavy atom. The number of hydrogen-bond acceptors (Lipinski definition) is 4. The molecule has 3 rings (SSSR count). The molecule has 0 aromatic carbocycles. The molecule has 4 nitrogen and oxygen atoms in total. The van der Waals surface area contributed by atoms with Crippen LogP contribution in [0.2, 0.25) is 0 Å². The van der Waals surface area contributed by atoms with Crippen molar-refractivity contribution in [2.45, 2.75) is 55.9 Å². The molecule has 9 heteroatoms. The largest absolute Gasteiger partial charge is 0.407 e. The zero-order valence-electron chi connectivity index (χ0n) is 12.4. The van der Waals surface area contributed by atoms with Crippen LogP contribution in [0.25, 0.3) is 0 Å². The molecule has 0 amide bonds. The minimum atomic E-state index is -5.21. The van der Waals surface area contributed by atoms with Crippen molar-refractivity contribution >= 4 is 9.84 Å². The number of fused-ring (bicyclic) bond motifs is 5. The first kappa shape index (κ1) is 16.4. The molecular weight excluding hydrogens is 328 g/mol. The molecule has 1 aliphatic heterocycles. The van der Waals surface area contributed by atoms with Gasteiger partial charge in [0.25, 0.3) is 0 Å². The van der Waals surface area contributed by atoms with Gasteiger partial charge in [0.15, 0.2) is 5.79 Å². The lowest BCUT2D eigenvalue weighted by molar-refractivity contribution is -0.210. The van der Waals surface area contributed by atoms with Crippen molar-refractivity contribution in [3.8, 4) is 0 Å². The molecule has 3 fully saturated rings. The molecule has 1 saturated heterocycles. The average molecular weight is 346 g/mol. The number of hydrogen-bond donors (Lipinski definition) is 0. The Kier molecular flexibility index (Phi) is 3.26. The van der Waals surface area contributed by atoms with E-state index in [2.05, 4.69) is 0 Å². The third-order valence-corrected chi connectivity index (χ3v) is 6.22. The van der Waals surface area contributed by atoms with Crippen molar-refractivity contribution in [2.24, 2.45) is 17.8 Å². The molecule has 0 N–H and O–H groups in total. The third kappa shape index (κ3) is 2.04. The molecule has 0 radical (unpaired) electrons. The van der Waals surface area contributed by atoms with Gasteiger partial charge >= 0.3 is 11.2 Å². The number of ether oxygens (including phenoxy) is 2. The summed E-state index contributed by atoms with van der Waals surface area (Å²) in [5.41, 5.74) is 0. The van der Waals surface area contributed by atoms with Crippen LogP contribution >= 0.6 is 0 Å². The molecule has 1 heterocycles. The van der Waals surface area contributed by atoms with Crippen molar-refractivity contribution in [3.63, 3.8) is 0 Å². The monoisotopic (exact) mass is 346 g/mol. The minimum absolute atomic E-state index is 0.134. The van der Waals surface area contributed by atoms with Gasteiger partial charge in [-0.25, -0.2) is 8.42 Å². The predicted molar refractivity (Wildman–Crippen MR) is 68.3 cm³/mol. The fraction of sp³-hybridized carbons (Fsp3) is 1.00. The molecule has 2 aliphatic carbocycles. The first-order chi connectivity index (χ1) is 9.78. The second-order valence-corrected chi connectivity index (χ2v) is 9.04. The van der Waals surface area contributed by atoms with Crippen LogP contribution in [0, 0.1) is 17.8 Å². The van der Waals surface area contributed by atoms with E-state index in [4.69, 9.17) is 9.47 Å². The Balaban J connectivity index is 1.90. The van der Waals surface area contributed by atoms with Crippen molar-refractivity contribution in [3.05, 3.63) is 0 Å². The van der Waals surface area contributed by atoms with E-state index in [9.17, 15) is 26.0 Å². The van der Waals surface area contributed by atoms with Crippen LogP contribution in [-0.2, 0) is 19.3 Å². The second kappa shape index (κ2) is 4.36. The molecule has 22 heavy (non-hydrogen) atoms. The lowest BCUT2D eigenvalue weighted by Gasteiger charge is -2.37. The number of alkyl halides is 4. The van der Waals surface area contributed by atoms with Gasteiger partial charge in [0.2, 0.25) is 9.84 Å². The summed E-state index contributed by atoms with van der Waals surface area (Å²) in [4.78, 5) is 0. The summed E-state index contributed by atoms with van der Waals surface area (Å²) in [6.07, 6.45) is -0.803. The van der Waals surface area contributed by atoms with E-state index in [0.29, 0.717) is 6.42 Å². The van der Waals surface area contributed by atoms with E-state index in [-0.39, 0.29) is 24.7 Å². The van der Waals surface area contributed by atoms with E-state index in [0.717, 1.165) is 0 Å². The van der Waals surface area contributed by atoms with Gasteiger partial charge in [-0.1, -0.05) is 0 Å². The average Bonchev–Trinajstić information content (AvgIpc) is 2.94. The molecule has 0 spiro atoms. The Hall–Kier alpha value is -0.410. The fourth-order valence-electron chi connectivity index (χ4n) is 4.14. The maximum atomic E-state index is 14.3. The van der Waals surface area contributed by atoms with E-state index in [1.807, 2.05) is 0 Å². The number of halogens is 4. The van der Waals surface area contributed by atoms with Gasteiger partial charge in [0.1, 0.15) is 0 Å². The van der Waals surface area contributed by atoms with Gasteiger partial charge in [-0.3, -0.25) is 0 Å². The van der Waals surface area contributed by atoms with Gasteiger partial charge in [0.05, 0.1) is 12.2 Å². The summed E-state index contributed by atoms with van der Waals surface area (Å²) >= 11 is 0. The van der Waals surface area contributed by atoms with E-state index in [1.54, 1.807) is 13.8 Å². The maximum Gasteiger partial charge on any atom is 0.407 e. The Morgan fingerprint density at radius 3 is 2.14 bits per heavy atom. The third-order valence-electron chi connectivity index (χ3n) is 5.02. The minimum Gasteiger partial charge on any atom is -0.344 e. The summed E-state index contributed by atoms with van der Waals surface area (Å²) in [5.74, 6) is -8.40. The highest BCUT2D eigenvalue weighted by Gasteiger charge is 2.73. The second-order valence-electron chi connectivity index (χ2n) is 6.98. The topological polar surface area (TPSA) is 52.6 Å². The molecule has 3 aliphatic rings. The zero-order chi connectivity index (χ0) is 16.7. The van der Waals surface area contributed by atoms with Crippen molar-refractivity contribution in [2.75, 3.05) is 6.26 Å². The van der Waals surface area contributed by atoms with Crippen LogP contribution in [0.15, 0.2) is 0 Å². The molecule has 2 saturated carbocycles. The quantitative estimate of drug-likeness (QED) is 0.737. The molecule has 2 bridgehead atoms. The highest BCUT2D eigenvalue weighted by molar-refractivity contribution is 7.91. The Labute approximate surface area is 126 Å². The zero-order valence-corrected chi connectivity index (χ0v) is 13.2. The Bertz CT molecular complexity index is 589. The Morgan fingerprint density at radius 2 is 1.59 bits per heavy atom. The molecule has 5 unspecified atom stereocenters. The van der Waals surface area contributed by atoms with Crippen molar-refractivity contribution in [1.82, 2.24) is 0 Å². The highest BCUT2D eigenvalue weighted by Crippen LogP contribution is 2.61. The summed E-state index contributed by atoms with van der Waals surface area (Å²) in [6.45, 7) is 3.28. The van der Waals surface area contributed by atoms with Crippen LogP contribution in [-0.4, -0.2) is 43.8 Å². The molecule has 0 aromatic heterocycles. The molecule has 0 aromatic rings. The van der Waals surface area contributed by atoms with Crippen molar-refractivity contribution in [1.29, 1.82) is 0 Å². The van der Waals surface area contributed by atoms with Gasteiger partial charge in [0, 0.05) is 12.2 Å². The van der Waals surface area contributed by atoms with E-state index < -0.39 is 44.7 Å². The summed E-state index contributed by atoms with van der Waals surface area (Å²) in [7, 11) is -5.21. The summed E-state index contributed by atoms with van der Waals surface area (Å²) in [6, 6.07) is 0. The van der Waals surface area contributed by atoms with Crippen molar-refractivity contribution < 1.29 is 35.5 Å². The first-order valence-corrected chi connectivity index (χ1v) is 8.98.